The Bertz CT molecular complexity index is 1210. The van der Waals surface area contributed by atoms with Crippen LogP contribution >= 0.6 is 53.2 Å². The van der Waals surface area contributed by atoms with Crippen molar-refractivity contribution in [3.05, 3.63) is 44.3 Å². The Morgan fingerprint density at radius 3 is 1.18 bits per heavy atom. The van der Waals surface area contributed by atoms with Gasteiger partial charge in [-0.3, -0.25) is 0 Å². The van der Waals surface area contributed by atoms with E-state index < -0.39 is 30.0 Å². The van der Waals surface area contributed by atoms with Crippen LogP contribution in [0.15, 0.2) is 43.0 Å². The fourth-order valence-electron chi connectivity index (χ4n) is 2.37. The second-order valence-electron chi connectivity index (χ2n) is 5.84. The predicted octanol–water partition coefficient (Wildman–Crippen LogP) is 4.34. The lowest BCUT2D eigenvalue weighted by Crippen LogP contribution is -2.05. The van der Waals surface area contributed by atoms with Gasteiger partial charge in [0.25, 0.3) is 18.1 Å². The van der Waals surface area contributed by atoms with E-state index in [4.69, 9.17) is 30.8 Å². The standard InChI is InChI=1S/2C9H8BrClO5S/c2*1-15-8-6(10)3-5(9(12)16-2)4-7(8)17(11,13)14/h2*3-4H,1-2H3. The Morgan fingerprint density at radius 2 is 0.971 bits per heavy atom. The number of carbonyl (C=O) groups is 2. The van der Waals surface area contributed by atoms with E-state index >= 15 is 0 Å². The molecule has 34 heavy (non-hydrogen) atoms. The molecule has 0 fully saturated rings. The molecule has 0 unspecified atom stereocenters. The van der Waals surface area contributed by atoms with Crippen molar-refractivity contribution in [2.45, 2.75) is 9.79 Å². The highest BCUT2D eigenvalue weighted by molar-refractivity contribution is 9.11. The van der Waals surface area contributed by atoms with E-state index in [1.54, 1.807) is 0 Å². The largest absolute Gasteiger partial charge is 0.494 e. The van der Waals surface area contributed by atoms with Gasteiger partial charge in [-0.1, -0.05) is 0 Å². The third-order valence-electron chi connectivity index (χ3n) is 3.79. The summed E-state index contributed by atoms with van der Waals surface area (Å²) in [6, 6.07) is 4.96. The molecular formula is C18H16Br2Cl2O10S2. The first-order valence-corrected chi connectivity index (χ1v) is 14.6. The average Bonchev–Trinajstić information content (AvgIpc) is 2.75. The van der Waals surface area contributed by atoms with Crippen molar-refractivity contribution in [2.75, 3.05) is 28.4 Å². The molecule has 2 aromatic carbocycles. The summed E-state index contributed by atoms with van der Waals surface area (Å²) in [4.78, 5) is 22.1. The first-order chi connectivity index (χ1) is 15.6. The van der Waals surface area contributed by atoms with Crippen LogP contribution in [0.2, 0.25) is 0 Å². The number of hydrogen-bond donors (Lipinski definition) is 0. The predicted molar refractivity (Wildman–Crippen MR) is 130 cm³/mol. The van der Waals surface area contributed by atoms with Gasteiger partial charge in [-0.15, -0.1) is 0 Å². The van der Waals surface area contributed by atoms with Crippen LogP contribution in [0, 0.1) is 0 Å². The number of carbonyl (C=O) groups excluding carboxylic acids is 2. The lowest BCUT2D eigenvalue weighted by molar-refractivity contribution is 0.0591. The zero-order valence-electron chi connectivity index (χ0n) is 17.7. The van der Waals surface area contributed by atoms with Crippen molar-refractivity contribution in [1.29, 1.82) is 0 Å². The van der Waals surface area contributed by atoms with Crippen molar-refractivity contribution in [2.24, 2.45) is 0 Å². The lowest BCUT2D eigenvalue weighted by Gasteiger charge is -2.09. The molecule has 0 atom stereocenters. The molecule has 16 heteroatoms. The van der Waals surface area contributed by atoms with Crippen LogP contribution in [0.3, 0.4) is 0 Å². The minimum Gasteiger partial charge on any atom is -0.494 e. The number of halogens is 4. The quantitative estimate of drug-likeness (QED) is 0.319. The summed E-state index contributed by atoms with van der Waals surface area (Å²) < 4.78 is 64.8. The first kappa shape index (κ1) is 30.5. The number of ether oxygens (including phenoxy) is 4. The third-order valence-corrected chi connectivity index (χ3v) is 7.63. The number of rotatable bonds is 6. The fraction of sp³-hybridized carbons (Fsp3) is 0.222. The van der Waals surface area contributed by atoms with Crippen molar-refractivity contribution in [1.82, 2.24) is 0 Å². The normalized spacial score (nSPS) is 11.1. The average molecular weight is 687 g/mol. The molecule has 188 valence electrons. The molecule has 0 aliphatic rings. The van der Waals surface area contributed by atoms with Gasteiger partial charge >= 0.3 is 11.9 Å². The molecule has 0 aromatic heterocycles. The molecule has 0 radical (unpaired) electrons. The molecule has 0 amide bonds. The summed E-state index contributed by atoms with van der Waals surface area (Å²) >= 11 is 6.18. The van der Waals surface area contributed by atoms with E-state index in [1.807, 2.05) is 0 Å². The van der Waals surface area contributed by atoms with Crippen LogP contribution < -0.4 is 9.47 Å². The molecule has 2 rings (SSSR count). The van der Waals surface area contributed by atoms with E-state index in [9.17, 15) is 26.4 Å². The molecule has 0 saturated carbocycles. The maximum atomic E-state index is 11.3. The third kappa shape index (κ3) is 7.71. The molecule has 0 saturated heterocycles. The number of methoxy groups -OCH3 is 4. The SMILES string of the molecule is COC(=O)c1cc(Br)c(OC)c(S(=O)(=O)Cl)c1.COC(=O)c1cc(Br)c(OC)c(S(=O)(=O)Cl)c1. The molecule has 2 aromatic rings. The summed E-state index contributed by atoms with van der Waals surface area (Å²) in [6.45, 7) is 0. The van der Waals surface area contributed by atoms with Crippen LogP contribution in [-0.2, 0) is 27.6 Å². The van der Waals surface area contributed by atoms with Gasteiger partial charge in [-0.05, 0) is 56.1 Å². The van der Waals surface area contributed by atoms with Crippen LogP contribution in [0.4, 0.5) is 0 Å². The smallest absolute Gasteiger partial charge is 0.337 e. The van der Waals surface area contributed by atoms with Crippen molar-refractivity contribution >= 4 is 83.3 Å². The van der Waals surface area contributed by atoms with Gasteiger partial charge in [-0.2, -0.15) is 0 Å². The number of hydrogen-bond acceptors (Lipinski definition) is 10. The Labute approximate surface area is 221 Å². The van der Waals surface area contributed by atoms with E-state index in [0.29, 0.717) is 8.95 Å². The van der Waals surface area contributed by atoms with Crippen LogP contribution in [0.25, 0.3) is 0 Å². The van der Waals surface area contributed by atoms with Crippen LogP contribution in [0.1, 0.15) is 20.7 Å². The maximum Gasteiger partial charge on any atom is 0.337 e. The van der Waals surface area contributed by atoms with Gasteiger partial charge in [0.15, 0.2) is 11.5 Å². The minimum absolute atomic E-state index is 0.0349. The first-order valence-electron chi connectivity index (χ1n) is 8.43. The summed E-state index contributed by atoms with van der Waals surface area (Å²) in [7, 11) is 7.43. The van der Waals surface area contributed by atoms with Gasteiger partial charge in [0.1, 0.15) is 9.79 Å². The second-order valence-corrected chi connectivity index (χ2v) is 12.6. The summed E-state index contributed by atoms with van der Waals surface area (Å²) in [5, 5.41) is 0. The van der Waals surface area contributed by atoms with Gasteiger partial charge in [-0.25, -0.2) is 26.4 Å². The number of benzene rings is 2. The lowest BCUT2D eigenvalue weighted by atomic mass is 10.2. The maximum absolute atomic E-state index is 11.3. The summed E-state index contributed by atoms with van der Waals surface area (Å²) in [5.74, 6) is -1.27. The Morgan fingerprint density at radius 1 is 0.676 bits per heavy atom. The van der Waals surface area contributed by atoms with E-state index in [2.05, 4.69) is 41.3 Å². The molecule has 0 N–H and O–H groups in total. The fourth-order valence-corrected chi connectivity index (χ4v) is 5.93. The highest BCUT2D eigenvalue weighted by Gasteiger charge is 2.23. The highest BCUT2D eigenvalue weighted by atomic mass is 79.9. The summed E-state index contributed by atoms with van der Waals surface area (Å²) in [5.41, 5.74) is 0.110. The topological polar surface area (TPSA) is 139 Å². The highest BCUT2D eigenvalue weighted by Crippen LogP contribution is 2.36. The molecular weight excluding hydrogens is 671 g/mol. The van der Waals surface area contributed by atoms with Crippen molar-refractivity contribution < 1.29 is 45.4 Å². The Balaban J connectivity index is 0.000000340. The van der Waals surface area contributed by atoms with Crippen LogP contribution in [-0.4, -0.2) is 57.2 Å². The minimum atomic E-state index is -4.02. The van der Waals surface area contributed by atoms with E-state index in [-0.39, 0.29) is 32.4 Å². The number of esters is 2. The zero-order chi connectivity index (χ0) is 26.4. The zero-order valence-corrected chi connectivity index (χ0v) is 24.0. The van der Waals surface area contributed by atoms with Gasteiger partial charge < -0.3 is 18.9 Å². The Hall–Kier alpha value is -1.58. The van der Waals surface area contributed by atoms with Crippen LogP contribution in [0.5, 0.6) is 11.5 Å². The molecule has 10 nitrogen and oxygen atoms in total. The molecule has 0 spiro atoms. The molecule has 0 heterocycles. The van der Waals surface area contributed by atoms with Gasteiger partial charge in [0, 0.05) is 21.4 Å². The molecule has 0 aliphatic carbocycles. The monoisotopic (exact) mass is 684 g/mol. The van der Waals surface area contributed by atoms with Gasteiger partial charge in [0.05, 0.1) is 48.5 Å². The Kier molecular flexibility index (Phi) is 11.1. The second kappa shape index (κ2) is 12.4. The molecule has 0 aliphatic heterocycles. The van der Waals surface area contributed by atoms with E-state index in [1.165, 1.54) is 40.6 Å². The van der Waals surface area contributed by atoms with Gasteiger partial charge in [0.2, 0.25) is 0 Å². The van der Waals surface area contributed by atoms with Crippen molar-refractivity contribution in [3.63, 3.8) is 0 Å². The van der Waals surface area contributed by atoms with E-state index in [0.717, 1.165) is 12.1 Å². The summed E-state index contributed by atoms with van der Waals surface area (Å²) in [6.07, 6.45) is 0. The van der Waals surface area contributed by atoms with Crippen molar-refractivity contribution in [3.8, 4) is 11.5 Å². The molecule has 0 bridgehead atoms.